The Morgan fingerprint density at radius 1 is 1.35 bits per heavy atom. The molecule has 0 aliphatic carbocycles. The van der Waals surface area contributed by atoms with Crippen molar-refractivity contribution >= 4 is 17.7 Å². The van der Waals surface area contributed by atoms with Gasteiger partial charge in [-0.1, -0.05) is 37.4 Å². The molecule has 0 atom stereocenters. The highest BCUT2D eigenvalue weighted by atomic mass is 32.2. The van der Waals surface area contributed by atoms with Gasteiger partial charge in [0.05, 0.1) is 5.75 Å². The van der Waals surface area contributed by atoms with Gasteiger partial charge >= 0.3 is 0 Å². The SMILES string of the molecule is C.NC(=O)CSc1nccn1-c1ccccc1. The van der Waals surface area contributed by atoms with Crippen molar-refractivity contribution in [2.75, 3.05) is 5.75 Å². The zero-order chi connectivity index (χ0) is 11.4. The van der Waals surface area contributed by atoms with E-state index in [-0.39, 0.29) is 19.1 Å². The van der Waals surface area contributed by atoms with Crippen LogP contribution in [0.1, 0.15) is 7.43 Å². The summed E-state index contributed by atoms with van der Waals surface area (Å²) in [5.74, 6) is -0.100. The van der Waals surface area contributed by atoms with E-state index in [1.54, 1.807) is 6.20 Å². The van der Waals surface area contributed by atoms with Crippen LogP contribution in [0.3, 0.4) is 0 Å². The number of para-hydroxylation sites is 1. The van der Waals surface area contributed by atoms with Crippen LogP contribution in [0, 0.1) is 0 Å². The van der Waals surface area contributed by atoms with Crippen LogP contribution in [-0.4, -0.2) is 21.2 Å². The fourth-order valence-corrected chi connectivity index (χ4v) is 2.03. The van der Waals surface area contributed by atoms with Crippen molar-refractivity contribution in [1.82, 2.24) is 9.55 Å². The predicted molar refractivity (Wildman–Crippen MR) is 70.2 cm³/mol. The Labute approximate surface area is 105 Å². The van der Waals surface area contributed by atoms with Gasteiger partial charge in [-0.05, 0) is 12.1 Å². The topological polar surface area (TPSA) is 60.9 Å². The number of thioether (sulfide) groups is 1. The number of carbonyl (C=O) groups excluding carboxylic acids is 1. The summed E-state index contributed by atoms with van der Waals surface area (Å²) in [6, 6.07) is 9.83. The lowest BCUT2D eigenvalue weighted by Crippen LogP contribution is -2.13. The molecule has 5 heteroatoms. The van der Waals surface area contributed by atoms with Gasteiger partial charge in [-0.25, -0.2) is 4.98 Å². The molecule has 0 saturated carbocycles. The van der Waals surface area contributed by atoms with Crippen LogP contribution in [-0.2, 0) is 4.79 Å². The van der Waals surface area contributed by atoms with Crippen molar-refractivity contribution in [2.45, 2.75) is 12.6 Å². The Bertz CT molecular complexity index is 482. The molecule has 1 aromatic carbocycles. The minimum Gasteiger partial charge on any atom is -0.369 e. The average molecular weight is 249 g/mol. The Hall–Kier alpha value is -1.75. The van der Waals surface area contributed by atoms with Crippen molar-refractivity contribution in [3.8, 4) is 5.69 Å². The van der Waals surface area contributed by atoms with Crippen LogP contribution >= 0.6 is 11.8 Å². The van der Waals surface area contributed by atoms with E-state index in [4.69, 9.17) is 5.73 Å². The molecule has 0 aliphatic rings. The van der Waals surface area contributed by atoms with E-state index in [2.05, 4.69) is 4.98 Å². The minimum absolute atomic E-state index is 0. The van der Waals surface area contributed by atoms with Crippen LogP contribution in [0.4, 0.5) is 0 Å². The van der Waals surface area contributed by atoms with Gasteiger partial charge in [0.1, 0.15) is 0 Å². The number of hydrogen-bond donors (Lipinski definition) is 1. The molecule has 0 bridgehead atoms. The zero-order valence-electron chi connectivity index (χ0n) is 8.54. The van der Waals surface area contributed by atoms with Crippen molar-refractivity contribution in [3.63, 3.8) is 0 Å². The maximum atomic E-state index is 10.7. The highest BCUT2D eigenvalue weighted by Crippen LogP contribution is 2.19. The fourth-order valence-electron chi connectivity index (χ4n) is 1.32. The van der Waals surface area contributed by atoms with Gasteiger partial charge in [0.25, 0.3) is 0 Å². The molecule has 1 heterocycles. The number of rotatable bonds is 4. The maximum absolute atomic E-state index is 10.7. The monoisotopic (exact) mass is 249 g/mol. The first kappa shape index (κ1) is 13.3. The molecule has 90 valence electrons. The van der Waals surface area contributed by atoms with Crippen LogP contribution in [0.15, 0.2) is 47.9 Å². The molecule has 4 nitrogen and oxygen atoms in total. The summed E-state index contributed by atoms with van der Waals surface area (Å²) >= 11 is 1.33. The highest BCUT2D eigenvalue weighted by molar-refractivity contribution is 7.99. The van der Waals surface area contributed by atoms with Gasteiger partial charge in [-0.15, -0.1) is 0 Å². The van der Waals surface area contributed by atoms with Crippen LogP contribution in [0.5, 0.6) is 0 Å². The molecule has 17 heavy (non-hydrogen) atoms. The molecule has 0 saturated heterocycles. The van der Waals surface area contributed by atoms with Crippen LogP contribution in [0.2, 0.25) is 0 Å². The summed E-state index contributed by atoms with van der Waals surface area (Å²) in [5.41, 5.74) is 6.12. The molecular formula is C12H15N3OS. The maximum Gasteiger partial charge on any atom is 0.227 e. The molecule has 0 radical (unpaired) electrons. The zero-order valence-corrected chi connectivity index (χ0v) is 9.35. The van der Waals surface area contributed by atoms with Crippen LogP contribution < -0.4 is 5.73 Å². The lowest BCUT2D eigenvalue weighted by molar-refractivity contribution is -0.115. The van der Waals surface area contributed by atoms with E-state index in [1.807, 2.05) is 41.1 Å². The second-order valence-corrected chi connectivity index (χ2v) is 4.11. The molecule has 0 aliphatic heterocycles. The molecule has 1 aromatic heterocycles. The summed E-state index contributed by atoms with van der Waals surface area (Å²) < 4.78 is 1.92. The van der Waals surface area contributed by atoms with Gasteiger partial charge in [0.15, 0.2) is 5.16 Å². The molecular weight excluding hydrogens is 234 g/mol. The van der Waals surface area contributed by atoms with E-state index >= 15 is 0 Å². The molecule has 1 amide bonds. The lowest BCUT2D eigenvalue weighted by Gasteiger charge is -2.05. The number of amides is 1. The second-order valence-electron chi connectivity index (χ2n) is 3.17. The number of nitrogens with two attached hydrogens (primary N) is 1. The van der Waals surface area contributed by atoms with Gasteiger partial charge in [0, 0.05) is 18.1 Å². The normalized spacial score (nSPS) is 9.65. The number of imidazole rings is 1. The first-order valence-electron chi connectivity index (χ1n) is 4.77. The van der Waals surface area contributed by atoms with E-state index in [0.29, 0.717) is 0 Å². The summed E-state index contributed by atoms with van der Waals surface area (Å²) in [6.07, 6.45) is 3.56. The van der Waals surface area contributed by atoms with E-state index < -0.39 is 0 Å². The van der Waals surface area contributed by atoms with Gasteiger partial charge < -0.3 is 5.73 Å². The summed E-state index contributed by atoms with van der Waals surface area (Å²) in [5, 5.41) is 0.769. The molecule has 0 unspecified atom stereocenters. The Balaban J connectivity index is 0.00000144. The number of nitrogens with zero attached hydrogens (tertiary/aromatic N) is 2. The van der Waals surface area contributed by atoms with Gasteiger partial charge in [0.2, 0.25) is 5.91 Å². The smallest absolute Gasteiger partial charge is 0.227 e. The number of primary amides is 1. The van der Waals surface area contributed by atoms with E-state index in [9.17, 15) is 4.79 Å². The fraction of sp³-hybridized carbons (Fsp3) is 0.167. The first-order valence-corrected chi connectivity index (χ1v) is 5.76. The third kappa shape index (κ3) is 3.35. The van der Waals surface area contributed by atoms with Crippen molar-refractivity contribution in [1.29, 1.82) is 0 Å². The van der Waals surface area contributed by atoms with Crippen molar-refractivity contribution < 1.29 is 4.79 Å². The highest BCUT2D eigenvalue weighted by Gasteiger charge is 2.06. The molecule has 2 N–H and O–H groups in total. The van der Waals surface area contributed by atoms with Crippen molar-refractivity contribution in [2.24, 2.45) is 5.73 Å². The lowest BCUT2D eigenvalue weighted by atomic mass is 10.3. The third-order valence-electron chi connectivity index (χ3n) is 1.98. The molecule has 0 fully saturated rings. The Kier molecular flexibility index (Phi) is 4.78. The van der Waals surface area contributed by atoms with E-state index in [1.165, 1.54) is 11.8 Å². The number of benzene rings is 1. The van der Waals surface area contributed by atoms with Crippen LogP contribution in [0.25, 0.3) is 5.69 Å². The summed E-state index contributed by atoms with van der Waals surface area (Å²) in [7, 11) is 0. The summed E-state index contributed by atoms with van der Waals surface area (Å²) in [4.78, 5) is 14.9. The second kappa shape index (κ2) is 6.10. The van der Waals surface area contributed by atoms with E-state index in [0.717, 1.165) is 10.8 Å². The Morgan fingerprint density at radius 2 is 2.06 bits per heavy atom. The first-order chi connectivity index (χ1) is 7.77. The molecule has 2 rings (SSSR count). The number of carbonyl (C=O) groups is 1. The molecule has 2 aromatic rings. The Morgan fingerprint density at radius 3 is 2.71 bits per heavy atom. The summed E-state index contributed by atoms with van der Waals surface area (Å²) in [6.45, 7) is 0. The average Bonchev–Trinajstić information content (AvgIpc) is 2.75. The quantitative estimate of drug-likeness (QED) is 0.844. The number of hydrogen-bond acceptors (Lipinski definition) is 3. The van der Waals surface area contributed by atoms with Crippen molar-refractivity contribution in [3.05, 3.63) is 42.7 Å². The largest absolute Gasteiger partial charge is 0.369 e. The van der Waals surface area contributed by atoms with Gasteiger partial charge in [-0.2, -0.15) is 0 Å². The standard InChI is InChI=1S/C11H11N3OS.CH4/c12-10(15)8-16-11-13-6-7-14(11)9-4-2-1-3-5-9;/h1-7H,8H2,(H2,12,15);1H4. The predicted octanol–water partition coefficient (Wildman–Crippen LogP) is 2.09. The molecule has 0 spiro atoms. The minimum atomic E-state index is -0.340. The third-order valence-corrected chi connectivity index (χ3v) is 2.97. The number of aromatic nitrogens is 2. The van der Waals surface area contributed by atoms with Gasteiger partial charge in [-0.3, -0.25) is 9.36 Å².